The Balaban J connectivity index is 1.29. The van der Waals surface area contributed by atoms with Gasteiger partial charge in [0, 0.05) is 37.7 Å². The van der Waals surface area contributed by atoms with Crippen LogP contribution in [0.4, 0.5) is 4.79 Å². The molecule has 378 valence electrons. The zero-order chi connectivity index (χ0) is 51.8. The molecule has 0 unspecified atom stereocenters. The lowest BCUT2D eigenvalue weighted by Gasteiger charge is -2.67. The van der Waals surface area contributed by atoms with Gasteiger partial charge >= 0.3 is 30.0 Å². The number of rotatable bonds is 13. The summed E-state index contributed by atoms with van der Waals surface area (Å²) in [4.78, 5) is 99.6. The summed E-state index contributed by atoms with van der Waals surface area (Å²) in [6.45, 7) is 7.53. The fourth-order valence-electron chi connectivity index (χ4n) is 11.3. The molecule has 2 aliphatic heterocycles. The zero-order valence-electron chi connectivity index (χ0n) is 40.6. The van der Waals surface area contributed by atoms with Crippen molar-refractivity contribution in [3.05, 3.63) is 155 Å². The SMILES string of the molecule is CC(=O)O[C@H]1C(=O)[C@@]2(C)[C@H]([C@H](OC(=O)c3ccccc3)[C@]3(O)C[C@H](OC(=O)[C@H](OC(=O)OCc4ccccc4)[C@@H](NC(=O)c4ccccc4)c4ccccc4)C(C)=C1C3(C)C)[C@@]1(OC(C)=O)CO[C@@H]2C[C@@H]1O. The summed E-state index contributed by atoms with van der Waals surface area (Å²) in [5.41, 5.74) is -7.03. The van der Waals surface area contributed by atoms with E-state index in [4.69, 9.17) is 33.2 Å². The van der Waals surface area contributed by atoms with Crippen LogP contribution in [0.3, 0.4) is 0 Å². The fourth-order valence-corrected chi connectivity index (χ4v) is 11.3. The van der Waals surface area contributed by atoms with Gasteiger partial charge in [-0.05, 0) is 60.4 Å². The van der Waals surface area contributed by atoms with Crippen LogP contribution >= 0.6 is 0 Å². The second-order valence-electron chi connectivity index (χ2n) is 19.5. The molecule has 4 aromatic carbocycles. The summed E-state index contributed by atoms with van der Waals surface area (Å²) < 4.78 is 42.4. The standard InChI is InChI=1S/C55H57NO16/c1-31-38(69-50(63)44(70-51(64)66-29-34-19-11-7-12-20-34)42(35-21-13-8-14-22-35)56-48(61)36-23-15-9-16-24-36)28-55(65)47(71-49(62)37-25-17-10-18-26-37)45-53(6,40-27-39(59)54(45,30-67-40)72-33(3)58)46(60)43(68-32(2)57)41(31)52(55,4)5/h7-26,38-40,42-45,47,59,65H,27-30H2,1-6H3,(H,56,61)/t38-,39-,40+,42-,43+,44+,45-,47-,53+,54+,55+/m0/s1. The maximum absolute atomic E-state index is 15.8. The van der Waals surface area contributed by atoms with E-state index in [9.17, 15) is 34.2 Å². The van der Waals surface area contributed by atoms with Gasteiger partial charge in [0.2, 0.25) is 6.10 Å². The number of ketones is 1. The topological polar surface area (TPSA) is 237 Å². The number of hydrogen-bond acceptors (Lipinski definition) is 16. The summed E-state index contributed by atoms with van der Waals surface area (Å²) in [6.07, 6.45) is -12.2. The van der Waals surface area contributed by atoms with E-state index >= 15 is 9.59 Å². The van der Waals surface area contributed by atoms with E-state index in [0.717, 1.165) is 13.8 Å². The Labute approximate surface area is 415 Å². The minimum atomic E-state index is -2.47. The number of Topliss-reactive ketones (excluding diaryl/α,β-unsaturated/α-hetero) is 1. The van der Waals surface area contributed by atoms with Gasteiger partial charge in [-0.25, -0.2) is 14.4 Å². The lowest BCUT2D eigenvalue weighted by Crippen LogP contribution is -2.81. The molecule has 3 N–H and O–H groups in total. The van der Waals surface area contributed by atoms with Gasteiger partial charge in [0.1, 0.15) is 30.5 Å². The van der Waals surface area contributed by atoms with Crippen molar-refractivity contribution in [2.45, 2.75) is 115 Å². The van der Waals surface area contributed by atoms with Crippen LogP contribution in [-0.4, -0.2) is 106 Å². The Bertz CT molecular complexity index is 2750. The van der Waals surface area contributed by atoms with Crippen molar-refractivity contribution in [1.82, 2.24) is 5.32 Å². The molecule has 5 aliphatic rings. The molecule has 11 atom stereocenters. The van der Waals surface area contributed by atoms with Crippen LogP contribution in [-0.2, 0) is 58.9 Å². The van der Waals surface area contributed by atoms with Crippen molar-refractivity contribution in [1.29, 1.82) is 0 Å². The Morgan fingerprint density at radius 1 is 0.778 bits per heavy atom. The molecule has 4 bridgehead atoms. The Hall–Kier alpha value is -7.21. The Kier molecular flexibility index (Phi) is 14.3. The molecule has 72 heavy (non-hydrogen) atoms. The number of nitrogens with one attached hydrogen (secondary N) is 1. The van der Waals surface area contributed by atoms with Crippen LogP contribution < -0.4 is 5.32 Å². The number of esters is 4. The highest BCUT2D eigenvalue weighted by atomic mass is 16.7. The molecule has 4 fully saturated rings. The third kappa shape index (κ3) is 9.27. The summed E-state index contributed by atoms with van der Waals surface area (Å²) in [5, 5.41) is 28.8. The van der Waals surface area contributed by atoms with Gasteiger partial charge in [-0.3, -0.25) is 19.2 Å². The van der Waals surface area contributed by atoms with E-state index in [1.807, 2.05) is 0 Å². The van der Waals surface area contributed by atoms with Gasteiger partial charge < -0.3 is 48.7 Å². The monoisotopic (exact) mass is 987 g/mol. The van der Waals surface area contributed by atoms with E-state index in [1.165, 1.54) is 26.0 Å². The predicted octanol–water partition coefficient (Wildman–Crippen LogP) is 6.10. The highest BCUT2D eigenvalue weighted by Gasteiger charge is 2.78. The Morgan fingerprint density at radius 3 is 1.94 bits per heavy atom. The van der Waals surface area contributed by atoms with Crippen molar-refractivity contribution in [3.8, 4) is 0 Å². The molecule has 4 aromatic rings. The van der Waals surface area contributed by atoms with Crippen molar-refractivity contribution in [2.24, 2.45) is 16.7 Å². The van der Waals surface area contributed by atoms with Crippen LogP contribution in [0.5, 0.6) is 0 Å². The number of hydrogen-bond donors (Lipinski definition) is 3. The third-order valence-corrected chi connectivity index (χ3v) is 14.9. The van der Waals surface area contributed by atoms with Crippen LogP contribution in [0.25, 0.3) is 0 Å². The molecule has 2 heterocycles. The largest absolute Gasteiger partial charge is 0.509 e. The molecule has 0 radical (unpaired) electrons. The van der Waals surface area contributed by atoms with E-state index < -0.39 is 125 Å². The van der Waals surface area contributed by atoms with Gasteiger partial charge in [-0.15, -0.1) is 0 Å². The second kappa shape index (κ2) is 20.1. The fraction of sp³-hybridized carbons (Fsp3) is 0.400. The maximum Gasteiger partial charge on any atom is 0.509 e. The zero-order valence-corrected chi connectivity index (χ0v) is 40.6. The number of benzene rings is 4. The highest BCUT2D eigenvalue weighted by Crippen LogP contribution is 2.64. The van der Waals surface area contributed by atoms with Crippen molar-refractivity contribution >= 4 is 41.7 Å². The predicted molar refractivity (Wildman–Crippen MR) is 253 cm³/mol. The lowest BCUT2D eigenvalue weighted by molar-refractivity contribution is -0.333. The normalized spacial score (nSPS) is 28.9. The van der Waals surface area contributed by atoms with Crippen molar-refractivity contribution in [2.75, 3.05) is 6.61 Å². The average molecular weight is 988 g/mol. The first-order valence-corrected chi connectivity index (χ1v) is 23.6. The van der Waals surface area contributed by atoms with Crippen LogP contribution in [0.2, 0.25) is 0 Å². The maximum atomic E-state index is 15.8. The minimum absolute atomic E-state index is 0.0186. The first-order valence-electron chi connectivity index (χ1n) is 23.6. The quantitative estimate of drug-likeness (QED) is 0.0780. The van der Waals surface area contributed by atoms with E-state index in [2.05, 4.69) is 5.32 Å². The van der Waals surface area contributed by atoms with Gasteiger partial charge in [-0.1, -0.05) is 111 Å². The van der Waals surface area contributed by atoms with Crippen molar-refractivity contribution < 1.29 is 76.9 Å². The van der Waals surface area contributed by atoms with Gasteiger partial charge in [0.15, 0.2) is 17.5 Å². The lowest BCUT2D eigenvalue weighted by atomic mass is 9.44. The molecule has 0 aromatic heterocycles. The number of fused-ring (bicyclic) bond motifs is 4. The van der Waals surface area contributed by atoms with Crippen LogP contribution in [0, 0.1) is 16.7 Å². The molecule has 2 saturated carbocycles. The molecule has 2 saturated heterocycles. The molecular weight excluding hydrogens is 931 g/mol. The van der Waals surface area contributed by atoms with Gasteiger partial charge in [-0.2, -0.15) is 0 Å². The van der Waals surface area contributed by atoms with E-state index in [-0.39, 0.29) is 35.3 Å². The number of aliphatic hydroxyl groups is 2. The Morgan fingerprint density at radius 2 is 1.36 bits per heavy atom. The number of aliphatic hydroxyl groups excluding tert-OH is 1. The summed E-state index contributed by atoms with van der Waals surface area (Å²) in [6, 6.07) is 31.3. The smallest absolute Gasteiger partial charge is 0.455 e. The van der Waals surface area contributed by atoms with Crippen LogP contribution in [0.1, 0.15) is 92.3 Å². The third-order valence-electron chi connectivity index (χ3n) is 14.9. The second-order valence-corrected chi connectivity index (χ2v) is 19.5. The molecule has 0 spiro atoms. The number of amides is 1. The number of ether oxygens (including phenoxy) is 7. The molecule has 17 heteroatoms. The summed E-state index contributed by atoms with van der Waals surface area (Å²) in [7, 11) is 0. The first-order chi connectivity index (χ1) is 34.2. The first kappa shape index (κ1) is 51.2. The molecule has 1 amide bonds. The van der Waals surface area contributed by atoms with E-state index in [0.29, 0.717) is 11.1 Å². The molecular formula is C55H57NO16. The number of carbonyl (C=O) groups is 7. The van der Waals surface area contributed by atoms with Gasteiger partial charge in [0.05, 0.1) is 35.7 Å². The highest BCUT2D eigenvalue weighted by molar-refractivity contribution is 5.96. The molecule has 17 nitrogen and oxygen atoms in total. The molecule has 9 rings (SSSR count). The van der Waals surface area contributed by atoms with Crippen LogP contribution in [0.15, 0.2) is 132 Å². The van der Waals surface area contributed by atoms with Crippen molar-refractivity contribution in [3.63, 3.8) is 0 Å². The average Bonchev–Trinajstić information content (AvgIpc) is 3.36. The summed E-state index contributed by atoms with van der Waals surface area (Å²) >= 11 is 0. The summed E-state index contributed by atoms with van der Waals surface area (Å²) in [5.74, 6) is -7.08. The molecule has 3 aliphatic carbocycles. The van der Waals surface area contributed by atoms with E-state index in [1.54, 1.807) is 123 Å². The minimum Gasteiger partial charge on any atom is -0.455 e. The number of carbonyl (C=O) groups excluding carboxylic acids is 7. The van der Waals surface area contributed by atoms with Gasteiger partial charge in [0.25, 0.3) is 5.91 Å².